The summed E-state index contributed by atoms with van der Waals surface area (Å²) in [5, 5.41) is 8.70. The smallest absolute Gasteiger partial charge is 0.337 e. The molecule has 3 heteroatoms. The van der Waals surface area contributed by atoms with E-state index in [0.29, 0.717) is 0 Å². The van der Waals surface area contributed by atoms with Gasteiger partial charge in [0.05, 0.1) is 11.3 Å². The first-order valence-electron chi connectivity index (χ1n) is 4.14. The molecule has 14 heavy (non-hydrogen) atoms. The molecular formula is C11H11NO2. The van der Waals surface area contributed by atoms with Crippen molar-refractivity contribution in [1.29, 1.82) is 0 Å². The molecular weight excluding hydrogens is 178 g/mol. The minimum absolute atomic E-state index is 0.207. The number of rotatable bonds is 3. The first-order chi connectivity index (χ1) is 6.65. The van der Waals surface area contributed by atoms with Crippen LogP contribution in [0.15, 0.2) is 31.0 Å². The highest BCUT2D eigenvalue weighted by Gasteiger charge is 2.04. The number of aryl methyl sites for hydroxylation is 1. The van der Waals surface area contributed by atoms with Gasteiger partial charge >= 0.3 is 5.97 Å². The fraction of sp³-hybridized carbons (Fsp3) is 0.0909. The lowest BCUT2D eigenvalue weighted by Gasteiger charge is -2.00. The van der Waals surface area contributed by atoms with Crippen LogP contribution in [0.1, 0.15) is 21.6 Å². The third-order valence-electron chi connectivity index (χ3n) is 1.76. The van der Waals surface area contributed by atoms with E-state index in [-0.39, 0.29) is 5.56 Å². The Morgan fingerprint density at radius 3 is 2.86 bits per heavy atom. The number of carbonyl (C=O) groups is 1. The van der Waals surface area contributed by atoms with E-state index in [0.717, 1.165) is 11.3 Å². The average molecular weight is 189 g/mol. The summed E-state index contributed by atoms with van der Waals surface area (Å²) in [6, 6.07) is 1.60. The molecule has 0 amide bonds. The third-order valence-corrected chi connectivity index (χ3v) is 1.76. The number of hydrogen-bond donors (Lipinski definition) is 1. The number of hydrogen-bond acceptors (Lipinski definition) is 2. The van der Waals surface area contributed by atoms with Crippen LogP contribution in [0.4, 0.5) is 0 Å². The van der Waals surface area contributed by atoms with E-state index in [1.165, 1.54) is 6.20 Å². The highest BCUT2D eigenvalue weighted by Crippen LogP contribution is 2.09. The molecule has 0 aliphatic rings. The second-order valence-corrected chi connectivity index (χ2v) is 2.83. The van der Waals surface area contributed by atoms with E-state index in [9.17, 15) is 4.79 Å². The first-order valence-corrected chi connectivity index (χ1v) is 4.14. The van der Waals surface area contributed by atoms with E-state index < -0.39 is 5.97 Å². The first kappa shape index (κ1) is 10.2. The van der Waals surface area contributed by atoms with E-state index in [2.05, 4.69) is 11.6 Å². The van der Waals surface area contributed by atoms with Crippen LogP contribution in [0.25, 0.3) is 6.08 Å². The Balaban J connectivity index is 3.07. The molecule has 0 spiro atoms. The van der Waals surface area contributed by atoms with Crippen LogP contribution in [0, 0.1) is 6.92 Å². The van der Waals surface area contributed by atoms with Crippen LogP contribution >= 0.6 is 0 Å². The van der Waals surface area contributed by atoms with Gasteiger partial charge in [0.2, 0.25) is 0 Å². The van der Waals surface area contributed by atoms with Gasteiger partial charge in [0, 0.05) is 6.20 Å². The van der Waals surface area contributed by atoms with Gasteiger partial charge in [-0.3, -0.25) is 4.98 Å². The lowest BCUT2D eigenvalue weighted by atomic mass is 10.1. The predicted molar refractivity (Wildman–Crippen MR) is 55.2 cm³/mol. The van der Waals surface area contributed by atoms with Gasteiger partial charge < -0.3 is 5.11 Å². The van der Waals surface area contributed by atoms with Crippen molar-refractivity contribution in [3.63, 3.8) is 0 Å². The summed E-state index contributed by atoms with van der Waals surface area (Å²) in [5.41, 5.74) is 1.80. The van der Waals surface area contributed by atoms with Gasteiger partial charge in [0.1, 0.15) is 0 Å². The molecule has 0 aliphatic heterocycles. The highest BCUT2D eigenvalue weighted by molar-refractivity contribution is 5.87. The van der Waals surface area contributed by atoms with Crippen LogP contribution in [-0.4, -0.2) is 16.1 Å². The number of nitrogens with zero attached hydrogens (tertiary/aromatic N) is 1. The monoisotopic (exact) mass is 189 g/mol. The Hall–Kier alpha value is -1.90. The zero-order valence-corrected chi connectivity index (χ0v) is 7.90. The van der Waals surface area contributed by atoms with E-state index >= 15 is 0 Å². The van der Waals surface area contributed by atoms with Gasteiger partial charge in [0.25, 0.3) is 0 Å². The van der Waals surface area contributed by atoms with Crippen molar-refractivity contribution in [2.24, 2.45) is 0 Å². The Kier molecular flexibility index (Phi) is 3.18. The fourth-order valence-corrected chi connectivity index (χ4v) is 1.04. The Bertz CT molecular complexity index is 394. The second-order valence-electron chi connectivity index (χ2n) is 2.83. The average Bonchev–Trinajstić information content (AvgIpc) is 2.15. The standard InChI is InChI=1S/C11H11NO2/c1-3-4-5-10-8(2)6-9(7-12-10)11(13)14/h3-7H,1H2,2H3,(H,13,14)/b5-4-. The third kappa shape index (κ3) is 2.29. The summed E-state index contributed by atoms with van der Waals surface area (Å²) in [4.78, 5) is 14.6. The minimum atomic E-state index is -0.958. The van der Waals surface area contributed by atoms with Crippen molar-refractivity contribution in [3.8, 4) is 0 Å². The van der Waals surface area contributed by atoms with Gasteiger partial charge in [-0.05, 0) is 24.6 Å². The van der Waals surface area contributed by atoms with Crippen molar-refractivity contribution in [3.05, 3.63) is 47.8 Å². The molecule has 0 fully saturated rings. The Morgan fingerprint density at radius 2 is 2.36 bits per heavy atom. The molecule has 1 rings (SSSR count). The second kappa shape index (κ2) is 4.37. The molecule has 0 aromatic carbocycles. The molecule has 0 bridgehead atoms. The Morgan fingerprint density at radius 1 is 1.64 bits per heavy atom. The van der Waals surface area contributed by atoms with Crippen LogP contribution < -0.4 is 0 Å². The number of allylic oxidation sites excluding steroid dienone is 2. The number of pyridine rings is 1. The van der Waals surface area contributed by atoms with E-state index in [1.807, 2.05) is 6.92 Å². The van der Waals surface area contributed by atoms with E-state index in [1.54, 1.807) is 24.3 Å². The van der Waals surface area contributed by atoms with Crippen LogP contribution in [0.3, 0.4) is 0 Å². The summed E-state index contributed by atoms with van der Waals surface area (Å²) < 4.78 is 0. The maximum Gasteiger partial charge on any atom is 0.337 e. The zero-order chi connectivity index (χ0) is 10.6. The maximum atomic E-state index is 10.6. The molecule has 1 aromatic heterocycles. The normalized spacial score (nSPS) is 10.4. The molecule has 1 heterocycles. The highest BCUT2D eigenvalue weighted by atomic mass is 16.4. The van der Waals surface area contributed by atoms with Crippen LogP contribution in [-0.2, 0) is 0 Å². The fourth-order valence-electron chi connectivity index (χ4n) is 1.04. The molecule has 0 radical (unpaired) electrons. The molecule has 1 aromatic rings. The van der Waals surface area contributed by atoms with Gasteiger partial charge in [0.15, 0.2) is 0 Å². The summed E-state index contributed by atoms with van der Waals surface area (Å²) in [7, 11) is 0. The molecule has 1 N–H and O–H groups in total. The van der Waals surface area contributed by atoms with Crippen molar-refractivity contribution < 1.29 is 9.90 Å². The predicted octanol–water partition coefficient (Wildman–Crippen LogP) is 2.29. The molecule has 0 aliphatic carbocycles. The number of aromatic carboxylic acids is 1. The largest absolute Gasteiger partial charge is 0.478 e. The topological polar surface area (TPSA) is 50.2 Å². The zero-order valence-electron chi connectivity index (χ0n) is 7.90. The summed E-state index contributed by atoms with van der Waals surface area (Å²) >= 11 is 0. The maximum absolute atomic E-state index is 10.6. The number of carboxylic acid groups (broad SMARTS) is 1. The number of carboxylic acids is 1. The van der Waals surface area contributed by atoms with Crippen molar-refractivity contribution >= 4 is 12.0 Å². The van der Waals surface area contributed by atoms with Crippen molar-refractivity contribution in [2.45, 2.75) is 6.92 Å². The quantitative estimate of drug-likeness (QED) is 0.742. The van der Waals surface area contributed by atoms with Gasteiger partial charge in [-0.25, -0.2) is 4.79 Å². The summed E-state index contributed by atoms with van der Waals surface area (Å²) in [6.07, 6.45) is 6.54. The molecule has 0 unspecified atom stereocenters. The lowest BCUT2D eigenvalue weighted by Crippen LogP contribution is -1.99. The van der Waals surface area contributed by atoms with E-state index in [4.69, 9.17) is 5.11 Å². The molecule has 72 valence electrons. The lowest BCUT2D eigenvalue weighted by molar-refractivity contribution is 0.0696. The van der Waals surface area contributed by atoms with Crippen molar-refractivity contribution in [1.82, 2.24) is 4.98 Å². The molecule has 0 saturated carbocycles. The Labute approximate surface area is 82.4 Å². The molecule has 0 saturated heterocycles. The molecule has 0 atom stereocenters. The van der Waals surface area contributed by atoms with Crippen LogP contribution in [0.2, 0.25) is 0 Å². The number of aromatic nitrogens is 1. The SMILES string of the molecule is C=C/C=C\c1ncc(C(=O)O)cc1C. The summed E-state index contributed by atoms with van der Waals surface area (Å²) in [6.45, 7) is 5.36. The van der Waals surface area contributed by atoms with Crippen molar-refractivity contribution in [2.75, 3.05) is 0 Å². The van der Waals surface area contributed by atoms with Gasteiger partial charge in [-0.1, -0.05) is 18.7 Å². The summed E-state index contributed by atoms with van der Waals surface area (Å²) in [5.74, 6) is -0.958. The molecule has 3 nitrogen and oxygen atoms in total. The van der Waals surface area contributed by atoms with Crippen LogP contribution in [0.5, 0.6) is 0 Å². The minimum Gasteiger partial charge on any atom is -0.478 e. The van der Waals surface area contributed by atoms with Gasteiger partial charge in [-0.2, -0.15) is 0 Å². The van der Waals surface area contributed by atoms with Gasteiger partial charge in [-0.15, -0.1) is 0 Å².